The van der Waals surface area contributed by atoms with Crippen LogP contribution in [0.3, 0.4) is 0 Å². The van der Waals surface area contributed by atoms with E-state index in [4.69, 9.17) is 0 Å². The number of amidine groups is 1. The van der Waals surface area contributed by atoms with Crippen molar-refractivity contribution in [2.45, 2.75) is 13.8 Å². The van der Waals surface area contributed by atoms with Gasteiger partial charge < -0.3 is 0 Å². The predicted octanol–water partition coefficient (Wildman–Crippen LogP) is 5.02. The largest absolute Gasteiger partial charge is 0.285 e. The Kier molecular flexibility index (Phi) is 5.29. The van der Waals surface area contributed by atoms with Gasteiger partial charge in [-0.05, 0) is 67.6 Å². The molecule has 144 valence electrons. The monoisotopic (exact) mass is 401 g/mol. The number of rotatable bonds is 2. The summed E-state index contributed by atoms with van der Waals surface area (Å²) >= 11 is 1.36. The molecule has 1 N–H and O–H groups in total. The topological polar surface area (TPSA) is 65.3 Å². The Morgan fingerprint density at radius 3 is 2.34 bits per heavy atom. The Labute approximate surface area is 173 Å². The van der Waals surface area contributed by atoms with Gasteiger partial charge in [0.05, 0.1) is 5.71 Å². The molecular weight excluding hydrogens is 382 g/mol. The average Bonchev–Trinajstić information content (AvgIpc) is 3.12. The van der Waals surface area contributed by atoms with Crippen molar-refractivity contribution in [3.05, 3.63) is 106 Å². The van der Waals surface area contributed by atoms with Crippen LogP contribution in [0.4, 0.5) is 0 Å². The molecule has 0 saturated carbocycles. The number of aryl methyl sites for hydroxylation is 2. The van der Waals surface area contributed by atoms with E-state index in [-0.39, 0.29) is 5.91 Å². The van der Waals surface area contributed by atoms with Gasteiger partial charge in [0.2, 0.25) is 0 Å². The van der Waals surface area contributed by atoms with Crippen LogP contribution in [0.5, 0.6) is 0 Å². The van der Waals surface area contributed by atoms with Crippen LogP contribution in [0.2, 0.25) is 0 Å². The minimum absolute atomic E-state index is 0.320. The maximum Gasteiger partial charge on any atom is 0.279 e. The standard InChI is InChI=1S/C23H19N3O2S/c1-15-12-16(2)14-19(13-15)20-21(17-8-10-26(28)11-9-17)29-23(24-20)25-22(27)18-6-4-3-5-7-18/h3-14,28H,1-2H3. The fraction of sp³-hybridized carbons (Fsp3) is 0.0870. The molecule has 1 amide bonds. The quantitative estimate of drug-likeness (QED) is 0.767. The first kappa shape index (κ1) is 19.1. The Hall–Kier alpha value is -3.22. The van der Waals surface area contributed by atoms with E-state index in [2.05, 4.69) is 28.2 Å². The number of nitrogens with zero attached hydrogens (tertiary/aromatic N) is 3. The average molecular weight is 401 g/mol. The third-order valence-electron chi connectivity index (χ3n) is 4.40. The number of carbonyl (C=O) groups is 1. The number of amides is 1. The van der Waals surface area contributed by atoms with Gasteiger partial charge in [0.1, 0.15) is 0 Å². The van der Waals surface area contributed by atoms with Gasteiger partial charge in [0.25, 0.3) is 5.91 Å². The van der Waals surface area contributed by atoms with Crippen molar-refractivity contribution in [3.8, 4) is 0 Å². The molecule has 0 spiro atoms. The summed E-state index contributed by atoms with van der Waals surface area (Å²) in [4.78, 5) is 22.3. The Bertz CT molecular complexity index is 1090. The molecule has 29 heavy (non-hydrogen) atoms. The van der Waals surface area contributed by atoms with Gasteiger partial charge in [0.15, 0.2) is 5.17 Å². The molecule has 2 aromatic rings. The van der Waals surface area contributed by atoms with E-state index in [1.165, 1.54) is 11.8 Å². The van der Waals surface area contributed by atoms with Crippen molar-refractivity contribution >= 4 is 28.5 Å². The van der Waals surface area contributed by atoms with E-state index >= 15 is 0 Å². The zero-order valence-electron chi connectivity index (χ0n) is 16.0. The summed E-state index contributed by atoms with van der Waals surface area (Å²) in [5.41, 5.74) is 5.45. The molecule has 4 rings (SSSR count). The number of thioether (sulfide) groups is 1. The summed E-state index contributed by atoms with van der Waals surface area (Å²) in [6, 6.07) is 15.2. The van der Waals surface area contributed by atoms with Crippen molar-refractivity contribution in [2.75, 3.05) is 0 Å². The molecule has 0 bridgehead atoms. The van der Waals surface area contributed by atoms with Crippen LogP contribution in [0.1, 0.15) is 27.0 Å². The second-order valence-corrected chi connectivity index (χ2v) is 7.78. The molecule has 5 nitrogen and oxygen atoms in total. The lowest BCUT2D eigenvalue weighted by molar-refractivity contribution is 0.0105. The molecule has 2 aliphatic rings. The zero-order chi connectivity index (χ0) is 20.4. The predicted molar refractivity (Wildman–Crippen MR) is 117 cm³/mol. The molecule has 6 heteroatoms. The van der Waals surface area contributed by atoms with E-state index in [0.717, 1.165) is 37.9 Å². The number of benzene rings is 2. The molecule has 0 aromatic heterocycles. The second kappa shape index (κ2) is 8.03. The third-order valence-corrected chi connectivity index (χ3v) is 5.40. The molecule has 2 aromatic carbocycles. The molecule has 0 radical (unpaired) electrons. The normalized spacial score (nSPS) is 17.3. The fourth-order valence-electron chi connectivity index (χ4n) is 3.16. The van der Waals surface area contributed by atoms with Crippen LogP contribution in [-0.4, -0.2) is 27.1 Å². The molecule has 0 saturated heterocycles. The summed E-state index contributed by atoms with van der Waals surface area (Å²) in [6.07, 6.45) is 6.74. The summed E-state index contributed by atoms with van der Waals surface area (Å²) in [5.74, 6) is -0.320. The van der Waals surface area contributed by atoms with Gasteiger partial charge in [-0.2, -0.15) is 4.99 Å². The Balaban J connectivity index is 1.78. The van der Waals surface area contributed by atoms with Crippen LogP contribution in [0, 0.1) is 13.8 Å². The number of hydrogen-bond donors (Lipinski definition) is 1. The smallest absolute Gasteiger partial charge is 0.279 e. The number of allylic oxidation sites excluding steroid dienone is 4. The molecule has 0 fully saturated rings. The number of carbonyl (C=O) groups excluding carboxylic acids is 1. The summed E-state index contributed by atoms with van der Waals surface area (Å²) in [7, 11) is 0. The highest BCUT2D eigenvalue weighted by molar-refractivity contribution is 8.18. The van der Waals surface area contributed by atoms with Crippen LogP contribution in [0.15, 0.2) is 93.5 Å². The maximum absolute atomic E-state index is 12.5. The van der Waals surface area contributed by atoms with E-state index < -0.39 is 0 Å². The maximum atomic E-state index is 12.5. The first-order valence-electron chi connectivity index (χ1n) is 9.11. The summed E-state index contributed by atoms with van der Waals surface area (Å²) in [6.45, 7) is 4.09. The minimum Gasteiger partial charge on any atom is -0.285 e. The van der Waals surface area contributed by atoms with Crippen molar-refractivity contribution in [1.82, 2.24) is 5.06 Å². The number of aliphatic imine (C=N–C) groups is 2. The van der Waals surface area contributed by atoms with Crippen LogP contribution >= 0.6 is 11.8 Å². The van der Waals surface area contributed by atoms with Gasteiger partial charge in [0, 0.05) is 28.4 Å². The lowest BCUT2D eigenvalue weighted by atomic mass is 10.0. The van der Waals surface area contributed by atoms with Crippen molar-refractivity contribution in [2.24, 2.45) is 9.98 Å². The van der Waals surface area contributed by atoms with Crippen molar-refractivity contribution in [3.63, 3.8) is 0 Å². The lowest BCUT2D eigenvalue weighted by Crippen LogP contribution is -2.07. The Morgan fingerprint density at radius 2 is 1.69 bits per heavy atom. The van der Waals surface area contributed by atoms with Crippen LogP contribution < -0.4 is 0 Å². The number of hydrogen-bond acceptors (Lipinski definition) is 4. The number of hydroxylamine groups is 2. The van der Waals surface area contributed by atoms with Gasteiger partial charge in [-0.15, -0.1) is 0 Å². The van der Waals surface area contributed by atoms with Gasteiger partial charge in [-0.25, -0.2) is 10.1 Å². The molecule has 0 atom stereocenters. The molecule has 0 unspecified atom stereocenters. The van der Waals surface area contributed by atoms with Crippen LogP contribution in [-0.2, 0) is 0 Å². The van der Waals surface area contributed by atoms with Gasteiger partial charge in [-0.3, -0.25) is 10.0 Å². The molecule has 2 aliphatic heterocycles. The van der Waals surface area contributed by atoms with Gasteiger partial charge in [-0.1, -0.05) is 35.4 Å². The highest BCUT2D eigenvalue weighted by Gasteiger charge is 2.25. The van der Waals surface area contributed by atoms with E-state index in [1.807, 2.05) is 44.2 Å². The third kappa shape index (κ3) is 4.29. The van der Waals surface area contributed by atoms with Crippen molar-refractivity contribution in [1.29, 1.82) is 0 Å². The zero-order valence-corrected chi connectivity index (χ0v) is 16.9. The lowest BCUT2D eigenvalue weighted by Gasteiger charge is -2.13. The Morgan fingerprint density at radius 1 is 1.03 bits per heavy atom. The molecular formula is C23H19N3O2S. The summed E-state index contributed by atoms with van der Waals surface area (Å²) in [5, 5.41) is 11.0. The second-order valence-electron chi connectivity index (χ2n) is 6.80. The van der Waals surface area contributed by atoms with E-state index in [1.54, 1.807) is 24.5 Å². The van der Waals surface area contributed by atoms with Crippen LogP contribution in [0.25, 0.3) is 0 Å². The highest BCUT2D eigenvalue weighted by Crippen LogP contribution is 2.35. The van der Waals surface area contributed by atoms with Crippen molar-refractivity contribution < 1.29 is 10.0 Å². The first-order chi connectivity index (χ1) is 14.0. The molecule has 2 heterocycles. The SMILES string of the molecule is Cc1cc(C)cc(C2=NC(=NC(=O)c3ccccc3)SC2=C2C=CN(O)C=C2)c1. The molecule has 0 aliphatic carbocycles. The van der Waals surface area contributed by atoms with E-state index in [0.29, 0.717) is 10.7 Å². The highest BCUT2D eigenvalue weighted by atomic mass is 32.2. The summed E-state index contributed by atoms with van der Waals surface area (Å²) < 4.78 is 0. The van der Waals surface area contributed by atoms with E-state index in [9.17, 15) is 10.0 Å². The fourth-order valence-corrected chi connectivity index (χ4v) is 4.12. The first-order valence-corrected chi connectivity index (χ1v) is 9.93. The van der Waals surface area contributed by atoms with Gasteiger partial charge >= 0.3 is 0 Å². The minimum atomic E-state index is -0.320.